The molecule has 13 heteroatoms. The van der Waals surface area contributed by atoms with Gasteiger partial charge in [-0.1, -0.05) is 44.2 Å². The molecule has 0 bridgehead atoms. The second-order valence-electron chi connectivity index (χ2n) is 13.0. The van der Waals surface area contributed by atoms with Gasteiger partial charge in [0.25, 0.3) is 0 Å². The average Bonchev–Trinajstić information content (AvgIpc) is 3.83. The minimum Gasteiger partial charge on any atom is -0.489 e. The summed E-state index contributed by atoms with van der Waals surface area (Å²) in [6, 6.07) is 22.3. The van der Waals surface area contributed by atoms with Gasteiger partial charge in [-0.25, -0.2) is 13.2 Å². The Kier molecular flexibility index (Phi) is 10.1. The van der Waals surface area contributed by atoms with Gasteiger partial charge in [0.15, 0.2) is 17.2 Å². The Labute approximate surface area is 291 Å². The quantitative estimate of drug-likeness (QED) is 0.164. The molecule has 2 aliphatic heterocycles. The summed E-state index contributed by atoms with van der Waals surface area (Å²) in [5, 5.41) is 9.41. The van der Waals surface area contributed by atoms with Gasteiger partial charge in [-0.15, -0.1) is 0 Å². The lowest BCUT2D eigenvalue weighted by atomic mass is 9.99. The van der Waals surface area contributed by atoms with Crippen molar-refractivity contribution in [1.29, 1.82) is 5.26 Å². The Morgan fingerprint density at radius 2 is 1.80 bits per heavy atom. The molecule has 0 spiro atoms. The van der Waals surface area contributed by atoms with Crippen molar-refractivity contribution in [3.05, 3.63) is 102 Å². The smallest absolute Gasteiger partial charge is 0.417 e. The maximum atomic E-state index is 14.2. The van der Waals surface area contributed by atoms with Crippen LogP contribution in [0.4, 0.5) is 4.79 Å². The largest absolute Gasteiger partial charge is 0.489 e. The van der Waals surface area contributed by atoms with Gasteiger partial charge in [-0.2, -0.15) is 9.57 Å². The van der Waals surface area contributed by atoms with Crippen LogP contribution in [0.5, 0.6) is 23.0 Å². The van der Waals surface area contributed by atoms with Crippen molar-refractivity contribution in [2.45, 2.75) is 63.5 Å². The van der Waals surface area contributed by atoms with Crippen molar-refractivity contribution in [3.63, 3.8) is 0 Å². The molecule has 1 aromatic heterocycles. The maximum absolute atomic E-state index is 14.2. The van der Waals surface area contributed by atoms with Gasteiger partial charge >= 0.3 is 6.09 Å². The molecule has 1 saturated heterocycles. The molecule has 1 fully saturated rings. The molecular formula is C37H39N3O9S. The number of rotatable bonds is 12. The van der Waals surface area contributed by atoms with Crippen LogP contribution in [0, 0.1) is 17.2 Å². The lowest BCUT2D eigenvalue weighted by molar-refractivity contribution is -0.0681. The Hall–Kier alpha value is -5.03. The summed E-state index contributed by atoms with van der Waals surface area (Å²) in [5.74, 6) is 1.67. The summed E-state index contributed by atoms with van der Waals surface area (Å²) in [7, 11) is -4.02. The van der Waals surface area contributed by atoms with E-state index >= 15 is 0 Å². The molecule has 3 aromatic carbocycles. The SMILES string of the molecule is CC(C)CN(C[C@H]1OC(C)(C)N(C(=O)Oc2ccoc2)[C@H]1Cc1ccc(OCc2ccccc2C#N)cc1)S(=O)(=O)c1ccc2c(c1)OCO2. The highest BCUT2D eigenvalue weighted by atomic mass is 32.2. The number of benzene rings is 3. The number of carbonyl (C=O) groups excluding carboxylic acids is 1. The Balaban J connectivity index is 1.27. The number of ether oxygens (including phenoxy) is 5. The molecule has 4 aromatic rings. The summed E-state index contributed by atoms with van der Waals surface area (Å²) in [4.78, 5) is 15.4. The molecule has 50 heavy (non-hydrogen) atoms. The van der Waals surface area contributed by atoms with E-state index < -0.39 is 34.0 Å². The predicted octanol–water partition coefficient (Wildman–Crippen LogP) is 6.35. The lowest BCUT2D eigenvalue weighted by Crippen LogP contribution is -2.51. The van der Waals surface area contributed by atoms with Crippen molar-refractivity contribution in [1.82, 2.24) is 9.21 Å². The number of carbonyl (C=O) groups is 1. The molecule has 2 atom stereocenters. The van der Waals surface area contributed by atoms with Gasteiger partial charge < -0.3 is 28.1 Å². The fourth-order valence-electron chi connectivity index (χ4n) is 6.21. The van der Waals surface area contributed by atoms with Crippen LogP contribution in [0.1, 0.15) is 44.4 Å². The summed E-state index contributed by atoms with van der Waals surface area (Å²) >= 11 is 0. The van der Waals surface area contributed by atoms with Crippen LogP contribution in [0.3, 0.4) is 0 Å². The van der Waals surface area contributed by atoms with Crippen LogP contribution in [0.2, 0.25) is 0 Å². The van der Waals surface area contributed by atoms with Gasteiger partial charge in [-0.3, -0.25) is 4.90 Å². The average molecular weight is 702 g/mol. The third-order valence-electron chi connectivity index (χ3n) is 8.51. The van der Waals surface area contributed by atoms with E-state index in [1.165, 1.54) is 39.9 Å². The summed E-state index contributed by atoms with van der Waals surface area (Å²) in [6.07, 6.45) is 1.66. The Bertz CT molecular complexity index is 1950. The first kappa shape index (κ1) is 34.8. The normalized spacial score (nSPS) is 18.0. The first-order valence-corrected chi connectivity index (χ1v) is 17.7. The maximum Gasteiger partial charge on any atom is 0.417 e. The van der Waals surface area contributed by atoms with Crippen LogP contribution in [0.15, 0.2) is 94.6 Å². The van der Waals surface area contributed by atoms with Crippen molar-refractivity contribution in [2.24, 2.45) is 5.92 Å². The number of hydrogen-bond acceptors (Lipinski definition) is 10. The Morgan fingerprint density at radius 3 is 2.52 bits per heavy atom. The monoisotopic (exact) mass is 701 g/mol. The number of fused-ring (bicyclic) bond motifs is 1. The van der Waals surface area contributed by atoms with Gasteiger partial charge in [0.2, 0.25) is 16.8 Å². The predicted molar refractivity (Wildman–Crippen MR) is 181 cm³/mol. The molecule has 1 amide bonds. The third-order valence-corrected chi connectivity index (χ3v) is 10.3. The van der Waals surface area contributed by atoms with Crippen LogP contribution >= 0.6 is 0 Å². The zero-order valence-corrected chi connectivity index (χ0v) is 29.1. The van der Waals surface area contributed by atoms with E-state index in [0.29, 0.717) is 29.2 Å². The molecule has 12 nitrogen and oxygen atoms in total. The van der Waals surface area contributed by atoms with E-state index in [1.807, 2.05) is 50.2 Å². The van der Waals surface area contributed by atoms with Crippen LogP contribution in [-0.2, 0) is 27.8 Å². The number of furan rings is 1. The summed E-state index contributed by atoms with van der Waals surface area (Å²) in [5.41, 5.74) is 1.04. The van der Waals surface area contributed by atoms with Gasteiger partial charge in [0.05, 0.1) is 34.9 Å². The Morgan fingerprint density at radius 1 is 1.04 bits per heavy atom. The molecule has 0 radical (unpaired) electrons. The van der Waals surface area contributed by atoms with Crippen LogP contribution in [-0.4, -0.2) is 61.5 Å². The second kappa shape index (κ2) is 14.4. The van der Waals surface area contributed by atoms with Crippen LogP contribution < -0.4 is 18.9 Å². The van der Waals surface area contributed by atoms with E-state index in [1.54, 1.807) is 32.0 Å². The van der Waals surface area contributed by atoms with E-state index in [2.05, 4.69) is 6.07 Å². The van der Waals surface area contributed by atoms with E-state index in [-0.39, 0.29) is 43.1 Å². The highest BCUT2D eigenvalue weighted by Crippen LogP contribution is 2.38. The van der Waals surface area contributed by atoms with E-state index in [4.69, 9.17) is 28.1 Å². The van der Waals surface area contributed by atoms with Gasteiger partial charge in [0, 0.05) is 30.8 Å². The fourth-order valence-corrected chi connectivity index (χ4v) is 7.84. The van der Waals surface area contributed by atoms with E-state index in [0.717, 1.165) is 11.1 Å². The fraction of sp³-hybridized carbons (Fsp3) is 0.351. The van der Waals surface area contributed by atoms with Crippen molar-refractivity contribution < 1.29 is 41.3 Å². The molecule has 2 aliphatic rings. The standard InChI is InChI=1S/C37H39N3O9S/c1-25(2)20-39(50(42,43)31-13-14-33-34(18-31)47-24-46-33)21-35-32(40(37(3,4)49-35)36(41)48-30-15-16-44-23-30)17-26-9-11-29(12-10-26)45-22-28-8-6-5-7-27(28)19-38/h5-16,18,23,25,32,35H,17,20-22,24H2,1-4H3/t32-,35+/m0/s1. The highest BCUT2D eigenvalue weighted by molar-refractivity contribution is 7.89. The first-order valence-electron chi connectivity index (χ1n) is 16.3. The number of nitrogens with zero attached hydrogens (tertiary/aromatic N) is 3. The molecule has 0 saturated carbocycles. The lowest BCUT2D eigenvalue weighted by Gasteiger charge is -2.33. The molecule has 262 valence electrons. The highest BCUT2D eigenvalue weighted by Gasteiger charge is 2.52. The molecule has 6 rings (SSSR count). The molecule has 0 aliphatic carbocycles. The number of sulfonamides is 1. The number of amides is 1. The molecular weight excluding hydrogens is 662 g/mol. The second-order valence-corrected chi connectivity index (χ2v) is 14.9. The minimum absolute atomic E-state index is 0.0125. The van der Waals surface area contributed by atoms with Crippen LogP contribution in [0.25, 0.3) is 0 Å². The minimum atomic E-state index is -4.02. The first-order chi connectivity index (χ1) is 23.9. The van der Waals surface area contributed by atoms with Gasteiger partial charge in [-0.05, 0) is 62.1 Å². The van der Waals surface area contributed by atoms with Crippen molar-refractivity contribution in [3.8, 4) is 29.1 Å². The topological polar surface area (TPSA) is 141 Å². The molecule has 0 N–H and O–H groups in total. The van der Waals surface area contributed by atoms with Crippen molar-refractivity contribution in [2.75, 3.05) is 19.9 Å². The van der Waals surface area contributed by atoms with Crippen molar-refractivity contribution >= 4 is 16.1 Å². The van der Waals surface area contributed by atoms with Gasteiger partial charge in [0.1, 0.15) is 24.3 Å². The zero-order chi connectivity index (χ0) is 35.5. The van der Waals surface area contributed by atoms with E-state index in [9.17, 15) is 18.5 Å². The third kappa shape index (κ3) is 7.57. The summed E-state index contributed by atoms with van der Waals surface area (Å²) < 4.78 is 63.9. The molecule has 0 unspecified atom stereocenters. The zero-order valence-electron chi connectivity index (χ0n) is 28.3. The number of nitriles is 1. The summed E-state index contributed by atoms with van der Waals surface area (Å²) in [6.45, 7) is 7.83. The molecule has 3 heterocycles. The number of hydrogen-bond donors (Lipinski definition) is 0.